The zero-order chi connectivity index (χ0) is 20.1. The standard InChI is InChI=1S/C17H23N3O.C2HF3O2/c1-2-9-19(8-1)12-14-5-6-16-17(14)21-11-10-20(16)13-15-4-3-7-18-15;3-2(4,5)1(6)7/h1-4,7-9,14,16-18H,5-6,10-13H2;(H,6,7). The number of hydrogen-bond donors (Lipinski definition) is 2. The van der Waals surface area contributed by atoms with E-state index in [1.54, 1.807) is 0 Å². The summed E-state index contributed by atoms with van der Waals surface area (Å²) < 4.78 is 40.2. The number of morpholine rings is 1. The molecule has 3 unspecified atom stereocenters. The fourth-order valence-corrected chi connectivity index (χ4v) is 3.98. The van der Waals surface area contributed by atoms with Crippen molar-refractivity contribution in [1.82, 2.24) is 14.5 Å². The van der Waals surface area contributed by atoms with E-state index in [1.807, 2.05) is 6.20 Å². The monoisotopic (exact) mass is 399 g/mol. The summed E-state index contributed by atoms with van der Waals surface area (Å²) in [5.41, 5.74) is 1.31. The maximum Gasteiger partial charge on any atom is 0.490 e. The van der Waals surface area contributed by atoms with Crippen molar-refractivity contribution in [3.8, 4) is 0 Å². The molecule has 4 rings (SSSR count). The van der Waals surface area contributed by atoms with Crippen LogP contribution in [0.3, 0.4) is 0 Å². The number of rotatable bonds is 4. The Bertz CT molecular complexity index is 731. The van der Waals surface area contributed by atoms with Crippen LogP contribution in [0.25, 0.3) is 0 Å². The van der Waals surface area contributed by atoms with E-state index >= 15 is 0 Å². The molecule has 0 radical (unpaired) electrons. The predicted octanol–water partition coefficient (Wildman–Crippen LogP) is 3.13. The largest absolute Gasteiger partial charge is 0.490 e. The van der Waals surface area contributed by atoms with Crippen LogP contribution in [-0.4, -0.2) is 57.0 Å². The fraction of sp³-hybridized carbons (Fsp3) is 0.526. The number of carboxylic acids is 1. The van der Waals surface area contributed by atoms with E-state index in [4.69, 9.17) is 14.6 Å². The average molecular weight is 399 g/mol. The highest BCUT2D eigenvalue weighted by Gasteiger charge is 2.42. The Morgan fingerprint density at radius 3 is 2.57 bits per heavy atom. The van der Waals surface area contributed by atoms with Gasteiger partial charge in [-0.25, -0.2) is 4.79 Å². The van der Waals surface area contributed by atoms with Gasteiger partial charge in [-0.05, 0) is 37.1 Å². The number of fused-ring (bicyclic) bond motifs is 1. The molecule has 1 aliphatic heterocycles. The van der Waals surface area contributed by atoms with Crippen molar-refractivity contribution in [3.05, 3.63) is 48.5 Å². The van der Waals surface area contributed by atoms with Gasteiger partial charge in [0.05, 0.1) is 12.7 Å². The number of nitrogens with zero attached hydrogens (tertiary/aromatic N) is 2. The molecule has 1 saturated heterocycles. The molecule has 2 N–H and O–H groups in total. The maximum absolute atomic E-state index is 10.6. The lowest BCUT2D eigenvalue weighted by atomic mass is 10.0. The number of aromatic nitrogens is 2. The molecule has 154 valence electrons. The molecule has 1 saturated carbocycles. The second kappa shape index (κ2) is 8.83. The van der Waals surface area contributed by atoms with Crippen molar-refractivity contribution in [2.24, 2.45) is 5.92 Å². The summed E-state index contributed by atoms with van der Waals surface area (Å²) >= 11 is 0. The normalized spacial score (nSPS) is 25.0. The SMILES string of the molecule is O=C(O)C(F)(F)F.c1c[nH]c(CN2CCOC3C(Cn4cccc4)CCC32)c1. The summed E-state index contributed by atoms with van der Waals surface area (Å²) in [6.45, 7) is 4.03. The Morgan fingerprint density at radius 2 is 1.96 bits per heavy atom. The van der Waals surface area contributed by atoms with Gasteiger partial charge in [0.15, 0.2) is 0 Å². The third-order valence-corrected chi connectivity index (χ3v) is 5.22. The highest BCUT2D eigenvalue weighted by atomic mass is 19.4. The zero-order valence-electron chi connectivity index (χ0n) is 15.3. The van der Waals surface area contributed by atoms with Crippen molar-refractivity contribution in [1.29, 1.82) is 0 Å². The predicted molar refractivity (Wildman–Crippen MR) is 95.6 cm³/mol. The Kier molecular flexibility index (Phi) is 6.46. The molecule has 2 aromatic rings. The lowest BCUT2D eigenvalue weighted by molar-refractivity contribution is -0.192. The van der Waals surface area contributed by atoms with Gasteiger partial charge < -0.3 is 19.4 Å². The molecule has 3 atom stereocenters. The molecule has 28 heavy (non-hydrogen) atoms. The van der Waals surface area contributed by atoms with Gasteiger partial charge >= 0.3 is 12.1 Å². The first-order valence-electron chi connectivity index (χ1n) is 9.23. The van der Waals surface area contributed by atoms with Gasteiger partial charge in [-0.2, -0.15) is 13.2 Å². The summed E-state index contributed by atoms with van der Waals surface area (Å²) in [5, 5.41) is 7.12. The van der Waals surface area contributed by atoms with Gasteiger partial charge in [-0.15, -0.1) is 0 Å². The highest BCUT2D eigenvalue weighted by Crippen LogP contribution is 2.36. The van der Waals surface area contributed by atoms with Crippen molar-refractivity contribution in [2.45, 2.75) is 44.3 Å². The first kappa shape index (κ1) is 20.5. The summed E-state index contributed by atoms with van der Waals surface area (Å²) in [4.78, 5) is 14.8. The van der Waals surface area contributed by atoms with Crippen LogP contribution >= 0.6 is 0 Å². The number of ether oxygens (including phenoxy) is 1. The van der Waals surface area contributed by atoms with Crippen molar-refractivity contribution in [3.63, 3.8) is 0 Å². The number of alkyl halides is 3. The van der Waals surface area contributed by atoms with Crippen molar-refractivity contribution in [2.75, 3.05) is 13.2 Å². The fourth-order valence-electron chi connectivity index (χ4n) is 3.98. The average Bonchev–Trinajstić information content (AvgIpc) is 3.38. The third kappa shape index (κ3) is 5.17. The lowest BCUT2D eigenvalue weighted by Gasteiger charge is -2.39. The van der Waals surface area contributed by atoms with Crippen LogP contribution in [0.1, 0.15) is 18.5 Å². The molecule has 0 bridgehead atoms. The van der Waals surface area contributed by atoms with Crippen LogP contribution < -0.4 is 0 Å². The topological polar surface area (TPSA) is 70.5 Å². The third-order valence-electron chi connectivity index (χ3n) is 5.22. The molecule has 2 aliphatic rings. The minimum Gasteiger partial charge on any atom is -0.475 e. The van der Waals surface area contributed by atoms with Gasteiger partial charge in [-0.3, -0.25) is 4.90 Å². The maximum atomic E-state index is 10.6. The number of aromatic amines is 1. The van der Waals surface area contributed by atoms with Crippen LogP contribution in [0.15, 0.2) is 42.9 Å². The van der Waals surface area contributed by atoms with Crippen LogP contribution in [0, 0.1) is 5.92 Å². The van der Waals surface area contributed by atoms with Crippen LogP contribution in [0.2, 0.25) is 0 Å². The lowest BCUT2D eigenvalue weighted by Crippen LogP contribution is -2.50. The molecule has 0 aromatic carbocycles. The first-order chi connectivity index (χ1) is 13.3. The quantitative estimate of drug-likeness (QED) is 0.829. The van der Waals surface area contributed by atoms with E-state index in [-0.39, 0.29) is 0 Å². The minimum absolute atomic E-state index is 0.399. The molecule has 2 fully saturated rings. The smallest absolute Gasteiger partial charge is 0.475 e. The molecule has 3 heterocycles. The second-order valence-electron chi connectivity index (χ2n) is 7.09. The number of halogens is 3. The second-order valence-corrected chi connectivity index (χ2v) is 7.09. The van der Waals surface area contributed by atoms with Gasteiger partial charge in [0.25, 0.3) is 0 Å². The Hall–Kier alpha value is -2.26. The summed E-state index contributed by atoms with van der Waals surface area (Å²) in [6, 6.07) is 9.05. The van der Waals surface area contributed by atoms with Crippen LogP contribution in [0.5, 0.6) is 0 Å². The zero-order valence-corrected chi connectivity index (χ0v) is 15.3. The van der Waals surface area contributed by atoms with E-state index in [9.17, 15) is 13.2 Å². The Labute approximate surface area is 160 Å². The van der Waals surface area contributed by atoms with Gasteiger partial charge in [0.2, 0.25) is 0 Å². The van der Waals surface area contributed by atoms with Crippen LogP contribution in [0.4, 0.5) is 13.2 Å². The van der Waals surface area contributed by atoms with Crippen molar-refractivity contribution < 1.29 is 27.8 Å². The minimum atomic E-state index is -5.08. The molecule has 9 heteroatoms. The molecule has 1 aliphatic carbocycles. The Morgan fingerprint density at radius 1 is 1.25 bits per heavy atom. The van der Waals surface area contributed by atoms with Crippen molar-refractivity contribution >= 4 is 5.97 Å². The van der Waals surface area contributed by atoms with E-state index in [0.717, 1.165) is 26.2 Å². The number of nitrogens with one attached hydrogen (secondary N) is 1. The summed E-state index contributed by atoms with van der Waals surface area (Å²) in [7, 11) is 0. The molecule has 0 spiro atoms. The van der Waals surface area contributed by atoms with E-state index < -0.39 is 12.1 Å². The highest BCUT2D eigenvalue weighted by molar-refractivity contribution is 5.73. The molecule has 2 aromatic heterocycles. The molecular weight excluding hydrogens is 375 g/mol. The molecule has 0 amide bonds. The molecule has 6 nitrogen and oxygen atoms in total. The van der Waals surface area contributed by atoms with Crippen LogP contribution in [-0.2, 0) is 22.6 Å². The first-order valence-corrected chi connectivity index (χ1v) is 9.23. The van der Waals surface area contributed by atoms with E-state index in [1.165, 1.54) is 18.5 Å². The summed E-state index contributed by atoms with van der Waals surface area (Å²) in [5.74, 6) is -2.11. The number of aliphatic carboxylic acids is 1. The van der Waals surface area contributed by atoms with E-state index in [0.29, 0.717) is 18.1 Å². The van der Waals surface area contributed by atoms with E-state index in [2.05, 4.69) is 51.1 Å². The number of carbonyl (C=O) groups is 1. The Balaban J connectivity index is 0.000000279. The molecular formula is C19H24F3N3O3. The van der Waals surface area contributed by atoms with Gasteiger partial charge in [-0.1, -0.05) is 0 Å². The number of hydrogen-bond acceptors (Lipinski definition) is 3. The number of H-pyrrole nitrogens is 1. The van der Waals surface area contributed by atoms with Gasteiger partial charge in [0, 0.05) is 55.9 Å². The summed E-state index contributed by atoms with van der Waals surface area (Å²) in [6.07, 6.45) is 4.18. The number of carboxylic acid groups (broad SMARTS) is 1. The van der Waals surface area contributed by atoms with Gasteiger partial charge in [0.1, 0.15) is 0 Å².